The van der Waals surface area contributed by atoms with Crippen molar-refractivity contribution in [3.63, 3.8) is 0 Å². The van der Waals surface area contributed by atoms with Gasteiger partial charge in [-0.3, -0.25) is 14.5 Å². The first-order chi connectivity index (χ1) is 16.6. The van der Waals surface area contributed by atoms with Crippen molar-refractivity contribution in [1.82, 2.24) is 19.8 Å². The molecule has 7 nitrogen and oxygen atoms in total. The summed E-state index contributed by atoms with van der Waals surface area (Å²) in [4.78, 5) is 39.0. The van der Waals surface area contributed by atoms with Crippen molar-refractivity contribution >= 4 is 44.9 Å². The first-order valence-corrected chi connectivity index (χ1v) is 12.7. The maximum atomic E-state index is 12.8. The summed E-state index contributed by atoms with van der Waals surface area (Å²) in [5.41, 5.74) is 1.78. The number of aromatic amines is 1. The van der Waals surface area contributed by atoms with Crippen LogP contribution in [0.25, 0.3) is 26.7 Å². The number of ether oxygens (including phenoxy) is 1. The Labute approximate surface area is 204 Å². The number of aromatic nitrogens is 2. The van der Waals surface area contributed by atoms with Crippen molar-refractivity contribution in [2.45, 2.75) is 6.54 Å². The summed E-state index contributed by atoms with van der Waals surface area (Å²) in [6.07, 6.45) is 3.42. The second-order valence-electron chi connectivity index (χ2n) is 8.03. The maximum Gasteiger partial charge on any atom is 0.260 e. The third-order valence-electron chi connectivity index (χ3n) is 5.85. The number of carbonyl (C=O) groups is 1. The summed E-state index contributed by atoms with van der Waals surface area (Å²) < 4.78 is 5.23. The third-order valence-corrected chi connectivity index (χ3v) is 7.62. The highest BCUT2D eigenvalue weighted by atomic mass is 32.1. The van der Waals surface area contributed by atoms with E-state index in [4.69, 9.17) is 9.72 Å². The van der Waals surface area contributed by atoms with Crippen LogP contribution in [0.3, 0.4) is 0 Å². The molecule has 1 aromatic carbocycles. The van der Waals surface area contributed by atoms with Crippen LogP contribution in [0.15, 0.2) is 58.0 Å². The van der Waals surface area contributed by atoms with Crippen molar-refractivity contribution in [3.05, 3.63) is 75.0 Å². The zero-order chi connectivity index (χ0) is 23.5. The Kier molecular flexibility index (Phi) is 6.57. The molecule has 4 aromatic rings. The maximum absolute atomic E-state index is 12.8. The van der Waals surface area contributed by atoms with Crippen molar-refractivity contribution in [2.75, 3.05) is 33.3 Å². The number of hydrogen-bond donors (Lipinski definition) is 1. The van der Waals surface area contributed by atoms with Crippen LogP contribution in [0.1, 0.15) is 11.4 Å². The van der Waals surface area contributed by atoms with Gasteiger partial charge in [0.15, 0.2) is 0 Å². The van der Waals surface area contributed by atoms with E-state index in [-0.39, 0.29) is 11.5 Å². The van der Waals surface area contributed by atoms with Gasteiger partial charge in [-0.25, -0.2) is 4.98 Å². The Morgan fingerprint density at radius 3 is 2.79 bits per heavy atom. The SMILES string of the molecule is COc1cccc(/C=C/C(=O)N2CCN(Cc3nc4scc(-c5cccs5)c4c(=O)[nH]3)CC2)c1. The highest BCUT2D eigenvalue weighted by Crippen LogP contribution is 2.33. The number of amides is 1. The summed E-state index contributed by atoms with van der Waals surface area (Å²) in [6.45, 7) is 3.28. The number of hydrogen-bond acceptors (Lipinski definition) is 7. The average molecular weight is 493 g/mol. The van der Waals surface area contributed by atoms with E-state index in [9.17, 15) is 9.59 Å². The Morgan fingerprint density at radius 2 is 2.03 bits per heavy atom. The van der Waals surface area contributed by atoms with E-state index in [0.29, 0.717) is 30.8 Å². The number of H-pyrrole nitrogens is 1. The van der Waals surface area contributed by atoms with Crippen molar-refractivity contribution in [3.8, 4) is 16.2 Å². The first-order valence-electron chi connectivity index (χ1n) is 11.0. The van der Waals surface area contributed by atoms with Crippen LogP contribution in [0.5, 0.6) is 5.75 Å². The Bertz CT molecular complexity index is 1380. The third kappa shape index (κ3) is 4.82. The molecular formula is C25H24N4O3S2. The monoisotopic (exact) mass is 492 g/mol. The van der Waals surface area contributed by atoms with E-state index >= 15 is 0 Å². The number of fused-ring (bicyclic) bond motifs is 1. The lowest BCUT2D eigenvalue weighted by Crippen LogP contribution is -2.48. The molecule has 9 heteroatoms. The van der Waals surface area contributed by atoms with Gasteiger partial charge in [-0.1, -0.05) is 18.2 Å². The van der Waals surface area contributed by atoms with Gasteiger partial charge in [-0.2, -0.15) is 0 Å². The van der Waals surface area contributed by atoms with Crippen LogP contribution in [-0.2, 0) is 11.3 Å². The topological polar surface area (TPSA) is 78.5 Å². The number of thiophene rings is 2. The molecule has 1 fully saturated rings. The smallest absolute Gasteiger partial charge is 0.260 e. The van der Waals surface area contributed by atoms with Crippen LogP contribution in [0, 0.1) is 0 Å². The average Bonchev–Trinajstić information content (AvgIpc) is 3.53. The molecule has 1 N–H and O–H groups in total. The van der Waals surface area contributed by atoms with Gasteiger partial charge in [0, 0.05) is 48.1 Å². The summed E-state index contributed by atoms with van der Waals surface area (Å²) in [5, 5.41) is 4.68. The second kappa shape index (κ2) is 9.92. The minimum absolute atomic E-state index is 0.00452. The summed E-state index contributed by atoms with van der Waals surface area (Å²) in [7, 11) is 1.62. The Morgan fingerprint density at radius 1 is 1.18 bits per heavy atom. The van der Waals surface area contributed by atoms with Gasteiger partial charge in [0.2, 0.25) is 5.91 Å². The van der Waals surface area contributed by atoms with Gasteiger partial charge < -0.3 is 14.6 Å². The zero-order valence-corrected chi connectivity index (χ0v) is 20.3. The van der Waals surface area contributed by atoms with Crippen LogP contribution >= 0.6 is 22.7 Å². The lowest BCUT2D eigenvalue weighted by atomic mass is 10.2. The molecule has 0 spiro atoms. The van der Waals surface area contributed by atoms with Gasteiger partial charge in [0.05, 0.1) is 19.0 Å². The van der Waals surface area contributed by atoms with E-state index in [1.165, 1.54) is 11.3 Å². The molecule has 0 unspecified atom stereocenters. The molecule has 0 saturated carbocycles. The molecule has 5 rings (SSSR count). The van der Waals surface area contributed by atoms with Crippen molar-refractivity contribution in [2.24, 2.45) is 0 Å². The summed E-state index contributed by atoms with van der Waals surface area (Å²) in [5.74, 6) is 1.42. The van der Waals surface area contributed by atoms with Crippen LogP contribution in [0.2, 0.25) is 0 Å². The van der Waals surface area contributed by atoms with Crippen molar-refractivity contribution in [1.29, 1.82) is 0 Å². The first kappa shape index (κ1) is 22.5. The second-order valence-corrected chi connectivity index (χ2v) is 9.84. The van der Waals surface area contributed by atoms with Gasteiger partial charge in [-0.05, 0) is 35.2 Å². The van der Waals surface area contributed by atoms with E-state index in [2.05, 4.69) is 9.88 Å². The molecule has 0 aliphatic carbocycles. The quantitative estimate of drug-likeness (QED) is 0.411. The highest BCUT2D eigenvalue weighted by Gasteiger charge is 2.21. The minimum atomic E-state index is -0.0962. The standard InChI is InChI=1S/C25H24N4O3S2/c1-32-18-5-2-4-17(14-18)7-8-22(30)29-11-9-28(10-12-29)15-21-26-24(31)23-19(16-34-25(23)27-21)20-6-3-13-33-20/h2-8,13-14,16H,9-12,15H2,1H3,(H,26,27,31)/b8-7+. The lowest BCUT2D eigenvalue weighted by molar-refractivity contribution is -0.127. The lowest BCUT2D eigenvalue weighted by Gasteiger charge is -2.33. The molecule has 34 heavy (non-hydrogen) atoms. The van der Waals surface area contributed by atoms with E-state index in [1.54, 1.807) is 24.5 Å². The molecule has 0 radical (unpaired) electrons. The van der Waals surface area contributed by atoms with E-state index in [1.807, 2.05) is 58.1 Å². The summed E-state index contributed by atoms with van der Waals surface area (Å²) in [6, 6.07) is 11.6. The Balaban J connectivity index is 1.20. The number of nitrogens with zero attached hydrogens (tertiary/aromatic N) is 3. The van der Waals surface area contributed by atoms with Crippen LogP contribution < -0.4 is 10.3 Å². The molecule has 0 atom stereocenters. The van der Waals surface area contributed by atoms with Crippen LogP contribution in [-0.4, -0.2) is 59.0 Å². The fourth-order valence-electron chi connectivity index (χ4n) is 4.04. The van der Waals surface area contributed by atoms with Gasteiger partial charge in [0.25, 0.3) is 5.56 Å². The zero-order valence-electron chi connectivity index (χ0n) is 18.7. The molecule has 0 bridgehead atoms. The molecule has 1 saturated heterocycles. The molecular weight excluding hydrogens is 468 g/mol. The normalized spacial score (nSPS) is 14.8. The summed E-state index contributed by atoms with van der Waals surface area (Å²) >= 11 is 3.12. The van der Waals surface area contributed by atoms with Crippen LogP contribution in [0.4, 0.5) is 0 Å². The number of carbonyl (C=O) groups excluding carboxylic acids is 1. The fourth-order valence-corrected chi connectivity index (χ4v) is 5.82. The number of methoxy groups -OCH3 is 1. The number of benzene rings is 1. The van der Waals surface area contributed by atoms with Gasteiger partial charge in [0.1, 0.15) is 16.4 Å². The minimum Gasteiger partial charge on any atom is -0.497 e. The molecule has 1 amide bonds. The van der Waals surface area contributed by atoms with E-state index in [0.717, 1.165) is 39.7 Å². The predicted molar refractivity (Wildman–Crippen MR) is 137 cm³/mol. The number of piperazine rings is 1. The predicted octanol–water partition coefficient (Wildman–Crippen LogP) is 4.08. The molecule has 4 heterocycles. The van der Waals surface area contributed by atoms with Crippen molar-refractivity contribution < 1.29 is 9.53 Å². The Hall–Kier alpha value is -3.27. The number of nitrogens with one attached hydrogen (secondary N) is 1. The number of rotatable bonds is 6. The van der Waals surface area contributed by atoms with E-state index < -0.39 is 0 Å². The van der Waals surface area contributed by atoms with Gasteiger partial charge in [-0.15, -0.1) is 22.7 Å². The molecule has 1 aliphatic rings. The van der Waals surface area contributed by atoms with Gasteiger partial charge >= 0.3 is 0 Å². The molecule has 1 aliphatic heterocycles. The highest BCUT2D eigenvalue weighted by molar-refractivity contribution is 7.18. The fraction of sp³-hybridized carbons (Fsp3) is 0.240. The molecule has 174 valence electrons. The molecule has 3 aromatic heterocycles. The largest absolute Gasteiger partial charge is 0.497 e.